The van der Waals surface area contributed by atoms with Crippen LogP contribution >= 0.6 is 0 Å². The summed E-state index contributed by atoms with van der Waals surface area (Å²) >= 11 is 0. The molecule has 11 heavy (non-hydrogen) atoms. The van der Waals surface area contributed by atoms with E-state index in [1.165, 1.54) is 19.5 Å². The Hall–Kier alpha value is -0.610. The van der Waals surface area contributed by atoms with Gasteiger partial charge in [-0.15, -0.1) is 0 Å². The zero-order valence-corrected chi connectivity index (χ0v) is 6.68. The van der Waals surface area contributed by atoms with Crippen LogP contribution in [0.1, 0.15) is 19.3 Å². The van der Waals surface area contributed by atoms with Gasteiger partial charge in [0, 0.05) is 6.42 Å². The van der Waals surface area contributed by atoms with Crippen molar-refractivity contribution in [2.45, 2.75) is 19.3 Å². The number of hydrazine groups is 1. The highest BCUT2D eigenvalue weighted by Crippen LogP contribution is 2.06. The number of likely N-dealkylation sites (tertiary alicyclic amines) is 1. The minimum Gasteiger partial charge on any atom is -0.303 e. The summed E-state index contributed by atoms with van der Waals surface area (Å²) in [4.78, 5) is 13.0. The molecule has 0 aromatic carbocycles. The Morgan fingerprint density at radius 1 is 1.55 bits per heavy atom. The summed E-state index contributed by atoms with van der Waals surface area (Å²) in [6, 6.07) is 0. The van der Waals surface area contributed by atoms with Crippen molar-refractivity contribution >= 4 is 5.91 Å². The molecule has 1 rings (SSSR count). The van der Waals surface area contributed by atoms with Gasteiger partial charge in [0.2, 0.25) is 5.91 Å². The van der Waals surface area contributed by atoms with Crippen LogP contribution in [-0.4, -0.2) is 30.4 Å². The Morgan fingerprint density at radius 3 is 2.73 bits per heavy atom. The number of amides is 1. The number of hydrogen-bond acceptors (Lipinski definition) is 3. The maximum atomic E-state index is 10.6. The molecule has 4 heteroatoms. The van der Waals surface area contributed by atoms with Crippen LogP contribution in [0.2, 0.25) is 0 Å². The second-order valence-corrected chi connectivity index (χ2v) is 2.87. The molecule has 64 valence electrons. The molecule has 4 nitrogen and oxygen atoms in total. The van der Waals surface area contributed by atoms with Gasteiger partial charge in [0.1, 0.15) is 0 Å². The maximum Gasteiger partial charge on any atom is 0.233 e. The molecule has 0 bridgehead atoms. The molecule has 1 amide bonds. The monoisotopic (exact) mass is 157 g/mol. The molecule has 0 spiro atoms. The van der Waals surface area contributed by atoms with Gasteiger partial charge in [-0.1, -0.05) is 0 Å². The van der Waals surface area contributed by atoms with Gasteiger partial charge in [0.25, 0.3) is 0 Å². The minimum absolute atomic E-state index is 0.0643. The van der Waals surface area contributed by atoms with Crippen molar-refractivity contribution in [3.8, 4) is 0 Å². The Labute approximate surface area is 66.7 Å². The Balaban J connectivity index is 1.90. The highest BCUT2D eigenvalue weighted by atomic mass is 16.2. The smallest absolute Gasteiger partial charge is 0.233 e. The first-order chi connectivity index (χ1) is 5.33. The Morgan fingerprint density at radius 2 is 2.27 bits per heavy atom. The van der Waals surface area contributed by atoms with Crippen molar-refractivity contribution in [3.05, 3.63) is 0 Å². The van der Waals surface area contributed by atoms with Crippen LogP contribution in [0.5, 0.6) is 0 Å². The van der Waals surface area contributed by atoms with Crippen molar-refractivity contribution in [2.24, 2.45) is 5.84 Å². The summed E-state index contributed by atoms with van der Waals surface area (Å²) in [6.45, 7) is 3.43. The van der Waals surface area contributed by atoms with Gasteiger partial charge in [0.05, 0.1) is 0 Å². The Kier molecular flexibility index (Phi) is 3.32. The standard InChI is InChI=1S/C7H15N3O/c8-9-7(11)3-1-4-10-5-2-6-10/h1-6,8H2,(H,9,11). The lowest BCUT2D eigenvalue weighted by atomic mass is 10.2. The first-order valence-corrected chi connectivity index (χ1v) is 4.05. The lowest BCUT2D eigenvalue weighted by Crippen LogP contribution is -2.38. The first kappa shape index (κ1) is 8.49. The van der Waals surface area contributed by atoms with E-state index in [0.717, 1.165) is 13.0 Å². The molecule has 0 aliphatic carbocycles. The average Bonchev–Trinajstić information content (AvgIpc) is 1.94. The summed E-state index contributed by atoms with van der Waals surface area (Å²) in [5.41, 5.74) is 2.12. The lowest BCUT2D eigenvalue weighted by Gasteiger charge is -2.30. The summed E-state index contributed by atoms with van der Waals surface area (Å²) in [5, 5.41) is 0. The van der Waals surface area contributed by atoms with E-state index in [4.69, 9.17) is 5.84 Å². The fourth-order valence-electron chi connectivity index (χ4n) is 1.14. The fourth-order valence-corrected chi connectivity index (χ4v) is 1.14. The van der Waals surface area contributed by atoms with Gasteiger partial charge in [-0.3, -0.25) is 10.2 Å². The third-order valence-electron chi connectivity index (χ3n) is 1.99. The van der Waals surface area contributed by atoms with Crippen LogP contribution in [0, 0.1) is 0 Å². The van der Waals surface area contributed by atoms with E-state index in [2.05, 4.69) is 10.3 Å². The highest BCUT2D eigenvalue weighted by molar-refractivity contribution is 5.75. The molecule has 1 saturated heterocycles. The third kappa shape index (κ3) is 2.86. The second-order valence-electron chi connectivity index (χ2n) is 2.87. The van der Waals surface area contributed by atoms with Crippen LogP contribution in [0.3, 0.4) is 0 Å². The van der Waals surface area contributed by atoms with Crippen LogP contribution in [0.25, 0.3) is 0 Å². The molecule has 0 saturated carbocycles. The van der Waals surface area contributed by atoms with Gasteiger partial charge in [-0.25, -0.2) is 5.84 Å². The van der Waals surface area contributed by atoms with Crippen molar-refractivity contribution in [2.75, 3.05) is 19.6 Å². The number of carbonyl (C=O) groups is 1. The van der Waals surface area contributed by atoms with Gasteiger partial charge in [0.15, 0.2) is 0 Å². The number of nitrogens with zero attached hydrogens (tertiary/aromatic N) is 1. The summed E-state index contributed by atoms with van der Waals surface area (Å²) < 4.78 is 0. The lowest BCUT2D eigenvalue weighted by molar-refractivity contribution is -0.121. The van der Waals surface area contributed by atoms with Crippen LogP contribution in [0.4, 0.5) is 0 Å². The molecule has 3 N–H and O–H groups in total. The molecular formula is C7H15N3O. The molecular weight excluding hydrogens is 142 g/mol. The van der Waals surface area contributed by atoms with Crippen molar-refractivity contribution in [1.82, 2.24) is 10.3 Å². The summed E-state index contributed by atoms with van der Waals surface area (Å²) in [6.07, 6.45) is 2.78. The van der Waals surface area contributed by atoms with Crippen molar-refractivity contribution in [3.63, 3.8) is 0 Å². The quantitative estimate of drug-likeness (QED) is 0.327. The normalized spacial score (nSPS) is 17.5. The Bertz CT molecular complexity index is 134. The molecule has 1 aliphatic heterocycles. The van der Waals surface area contributed by atoms with Crippen LogP contribution in [0.15, 0.2) is 0 Å². The molecule has 0 unspecified atom stereocenters. The van der Waals surface area contributed by atoms with E-state index in [9.17, 15) is 4.79 Å². The topological polar surface area (TPSA) is 58.4 Å². The molecule has 0 aromatic rings. The SMILES string of the molecule is NNC(=O)CCCN1CCC1. The van der Waals surface area contributed by atoms with Crippen LogP contribution < -0.4 is 11.3 Å². The number of carbonyl (C=O) groups excluding carboxylic acids is 1. The van der Waals surface area contributed by atoms with Gasteiger partial charge in [-0.2, -0.15) is 0 Å². The number of nitrogens with one attached hydrogen (secondary N) is 1. The number of hydrogen-bond donors (Lipinski definition) is 2. The van der Waals surface area contributed by atoms with E-state index >= 15 is 0 Å². The molecule has 1 fully saturated rings. The molecule has 0 radical (unpaired) electrons. The van der Waals surface area contributed by atoms with E-state index < -0.39 is 0 Å². The number of nitrogens with two attached hydrogens (primary N) is 1. The van der Waals surface area contributed by atoms with Gasteiger partial charge in [-0.05, 0) is 32.5 Å². The third-order valence-corrected chi connectivity index (χ3v) is 1.99. The zero-order chi connectivity index (χ0) is 8.10. The predicted octanol–water partition coefficient (Wildman–Crippen LogP) is -0.538. The predicted molar refractivity (Wildman–Crippen MR) is 42.6 cm³/mol. The molecule has 0 aromatic heterocycles. The minimum atomic E-state index is -0.0643. The molecule has 1 heterocycles. The summed E-state index contributed by atoms with van der Waals surface area (Å²) in [5.74, 6) is 4.86. The zero-order valence-electron chi connectivity index (χ0n) is 6.68. The summed E-state index contributed by atoms with van der Waals surface area (Å²) in [7, 11) is 0. The molecule has 1 aliphatic rings. The second kappa shape index (κ2) is 4.31. The van der Waals surface area contributed by atoms with Gasteiger partial charge >= 0.3 is 0 Å². The van der Waals surface area contributed by atoms with E-state index in [1.54, 1.807) is 0 Å². The van der Waals surface area contributed by atoms with Crippen molar-refractivity contribution < 1.29 is 4.79 Å². The largest absolute Gasteiger partial charge is 0.303 e. The van der Waals surface area contributed by atoms with E-state index in [0.29, 0.717) is 6.42 Å². The van der Waals surface area contributed by atoms with Crippen LogP contribution in [-0.2, 0) is 4.79 Å². The average molecular weight is 157 g/mol. The number of rotatable bonds is 4. The fraction of sp³-hybridized carbons (Fsp3) is 0.857. The van der Waals surface area contributed by atoms with E-state index in [1.807, 2.05) is 0 Å². The maximum absolute atomic E-state index is 10.6. The van der Waals surface area contributed by atoms with E-state index in [-0.39, 0.29) is 5.91 Å². The highest BCUT2D eigenvalue weighted by Gasteiger charge is 2.12. The first-order valence-electron chi connectivity index (χ1n) is 4.05. The molecule has 0 atom stereocenters. The van der Waals surface area contributed by atoms with Crippen molar-refractivity contribution in [1.29, 1.82) is 0 Å². The van der Waals surface area contributed by atoms with Gasteiger partial charge < -0.3 is 4.90 Å².